The molecule has 0 bridgehead atoms. The number of allylic oxidation sites excluding steroid dienone is 1. The first-order chi connectivity index (χ1) is 11.2. The van der Waals surface area contributed by atoms with E-state index in [1.165, 1.54) is 6.08 Å². The van der Waals surface area contributed by atoms with Gasteiger partial charge in [0.1, 0.15) is 17.4 Å². The molecule has 3 rings (SSSR count). The number of nitrogens with zero attached hydrogens (tertiary/aromatic N) is 1. The smallest absolute Gasteiger partial charge is 0.203 e. The number of hydrogen-bond donors (Lipinski definition) is 1. The highest BCUT2D eigenvalue weighted by Gasteiger charge is 2.13. The van der Waals surface area contributed by atoms with Crippen molar-refractivity contribution in [1.29, 1.82) is 5.26 Å². The summed E-state index contributed by atoms with van der Waals surface area (Å²) in [6.45, 7) is 0. The lowest BCUT2D eigenvalue weighted by atomic mass is 9.98. The van der Waals surface area contributed by atoms with Crippen LogP contribution in [0.25, 0.3) is 16.8 Å². The number of phenols is 1. The predicted octanol–water partition coefficient (Wildman–Crippen LogP) is 4.34. The number of carbonyl (C=O) groups excluding carboxylic acids is 1. The van der Waals surface area contributed by atoms with E-state index in [2.05, 4.69) is 0 Å². The zero-order valence-electron chi connectivity index (χ0n) is 12.2. The molecule has 0 saturated heterocycles. The first-order valence-electron chi connectivity index (χ1n) is 7.13. The lowest BCUT2D eigenvalue weighted by Crippen LogP contribution is -2.01. The summed E-state index contributed by atoms with van der Waals surface area (Å²) >= 11 is 0. The number of phenolic OH excluding ortho intramolecular Hbond substituents is 1. The second-order valence-corrected chi connectivity index (χ2v) is 5.08. The molecule has 0 aliphatic heterocycles. The molecular formula is C20H13NO2. The topological polar surface area (TPSA) is 61.1 Å². The minimum atomic E-state index is -0.361. The molecule has 0 amide bonds. The number of benzene rings is 3. The third-order valence-electron chi connectivity index (χ3n) is 3.64. The number of fused-ring (bicyclic) bond motifs is 1. The van der Waals surface area contributed by atoms with E-state index in [9.17, 15) is 15.2 Å². The van der Waals surface area contributed by atoms with Crippen LogP contribution in [-0.4, -0.2) is 10.9 Å². The van der Waals surface area contributed by atoms with E-state index in [1.54, 1.807) is 36.4 Å². The van der Waals surface area contributed by atoms with Gasteiger partial charge in [-0.15, -0.1) is 0 Å². The Kier molecular flexibility index (Phi) is 3.90. The van der Waals surface area contributed by atoms with Crippen LogP contribution in [0.2, 0.25) is 0 Å². The van der Waals surface area contributed by atoms with Crippen molar-refractivity contribution in [2.45, 2.75) is 0 Å². The summed E-state index contributed by atoms with van der Waals surface area (Å²) < 4.78 is 0. The maximum Gasteiger partial charge on any atom is 0.203 e. The molecule has 0 aromatic heterocycles. The molecule has 110 valence electrons. The van der Waals surface area contributed by atoms with Gasteiger partial charge in [-0.05, 0) is 22.9 Å². The number of aromatic hydroxyl groups is 1. The SMILES string of the molecule is N#CC(=Cc1c(O)ccc2ccccc12)C(=O)c1ccccc1. The second-order valence-electron chi connectivity index (χ2n) is 5.08. The number of nitriles is 1. The number of Topliss-reactive ketones (excluding diaryl/α,β-unsaturated/α-hetero) is 1. The largest absolute Gasteiger partial charge is 0.507 e. The third kappa shape index (κ3) is 2.83. The molecule has 3 heteroatoms. The summed E-state index contributed by atoms with van der Waals surface area (Å²) in [7, 11) is 0. The molecule has 3 nitrogen and oxygen atoms in total. The van der Waals surface area contributed by atoms with Crippen molar-refractivity contribution in [3.63, 3.8) is 0 Å². The molecule has 0 unspecified atom stereocenters. The molecule has 3 aromatic rings. The number of rotatable bonds is 3. The van der Waals surface area contributed by atoms with Crippen LogP contribution in [0.5, 0.6) is 5.75 Å². The van der Waals surface area contributed by atoms with Crippen molar-refractivity contribution in [1.82, 2.24) is 0 Å². The Morgan fingerprint density at radius 3 is 2.39 bits per heavy atom. The fraction of sp³-hybridized carbons (Fsp3) is 0. The highest BCUT2D eigenvalue weighted by molar-refractivity contribution is 6.15. The highest BCUT2D eigenvalue weighted by Crippen LogP contribution is 2.29. The summed E-state index contributed by atoms with van der Waals surface area (Å²) in [5, 5.41) is 21.2. The molecule has 0 heterocycles. The number of hydrogen-bond acceptors (Lipinski definition) is 3. The van der Waals surface area contributed by atoms with E-state index >= 15 is 0 Å². The van der Waals surface area contributed by atoms with Gasteiger partial charge in [0.2, 0.25) is 5.78 Å². The Balaban J connectivity index is 2.15. The molecule has 0 spiro atoms. The van der Waals surface area contributed by atoms with Gasteiger partial charge in [0.05, 0.1) is 0 Å². The molecule has 1 N–H and O–H groups in total. The number of carbonyl (C=O) groups is 1. The van der Waals surface area contributed by atoms with E-state index in [4.69, 9.17) is 0 Å². The number of ketones is 1. The van der Waals surface area contributed by atoms with E-state index < -0.39 is 0 Å². The Morgan fingerprint density at radius 2 is 1.65 bits per heavy atom. The van der Waals surface area contributed by atoms with Crippen molar-refractivity contribution in [2.24, 2.45) is 0 Å². The van der Waals surface area contributed by atoms with Gasteiger partial charge >= 0.3 is 0 Å². The van der Waals surface area contributed by atoms with Crippen LogP contribution in [0, 0.1) is 11.3 Å². The first kappa shape index (κ1) is 14.6. The van der Waals surface area contributed by atoms with Crippen LogP contribution in [0.4, 0.5) is 0 Å². The molecule has 3 aromatic carbocycles. The highest BCUT2D eigenvalue weighted by atomic mass is 16.3. The average Bonchev–Trinajstić information content (AvgIpc) is 2.61. The Hall–Kier alpha value is -3.38. The average molecular weight is 299 g/mol. The van der Waals surface area contributed by atoms with Crippen LogP contribution in [-0.2, 0) is 0 Å². The fourth-order valence-electron chi connectivity index (χ4n) is 2.47. The van der Waals surface area contributed by atoms with Gasteiger partial charge in [0.25, 0.3) is 0 Å². The molecular weight excluding hydrogens is 286 g/mol. The minimum absolute atomic E-state index is 0.0112. The van der Waals surface area contributed by atoms with E-state index in [-0.39, 0.29) is 17.1 Å². The summed E-state index contributed by atoms with van der Waals surface area (Å²) in [5.41, 5.74) is 0.909. The van der Waals surface area contributed by atoms with E-state index in [0.29, 0.717) is 11.1 Å². The third-order valence-corrected chi connectivity index (χ3v) is 3.64. The lowest BCUT2D eigenvalue weighted by molar-refractivity contribution is 0.104. The molecule has 0 aliphatic carbocycles. The maximum absolute atomic E-state index is 12.5. The Labute approximate surface area is 133 Å². The van der Waals surface area contributed by atoms with Crippen molar-refractivity contribution < 1.29 is 9.90 Å². The normalized spacial score (nSPS) is 11.2. The Morgan fingerprint density at radius 1 is 0.957 bits per heavy atom. The van der Waals surface area contributed by atoms with Crippen molar-refractivity contribution in [3.05, 3.63) is 83.4 Å². The van der Waals surface area contributed by atoms with Gasteiger partial charge in [-0.25, -0.2) is 0 Å². The molecule has 0 radical (unpaired) electrons. The molecule has 0 aliphatic rings. The monoisotopic (exact) mass is 299 g/mol. The zero-order valence-corrected chi connectivity index (χ0v) is 12.2. The first-order valence-corrected chi connectivity index (χ1v) is 7.13. The predicted molar refractivity (Wildman–Crippen MR) is 90.0 cm³/mol. The van der Waals surface area contributed by atoms with Crippen LogP contribution < -0.4 is 0 Å². The summed E-state index contributed by atoms with van der Waals surface area (Å²) in [4.78, 5) is 12.5. The molecule has 0 saturated carbocycles. The summed E-state index contributed by atoms with van der Waals surface area (Å²) in [5.74, 6) is -0.322. The minimum Gasteiger partial charge on any atom is -0.507 e. The van der Waals surface area contributed by atoms with Crippen LogP contribution in [0.15, 0.2) is 72.3 Å². The van der Waals surface area contributed by atoms with Gasteiger partial charge in [-0.2, -0.15) is 5.26 Å². The lowest BCUT2D eigenvalue weighted by Gasteiger charge is -2.06. The molecule has 0 fully saturated rings. The fourth-order valence-corrected chi connectivity index (χ4v) is 2.47. The van der Waals surface area contributed by atoms with Crippen molar-refractivity contribution in [2.75, 3.05) is 0 Å². The quantitative estimate of drug-likeness (QED) is 0.444. The van der Waals surface area contributed by atoms with E-state index in [0.717, 1.165) is 10.8 Å². The standard InChI is InChI=1S/C20H13NO2/c21-13-16(20(23)15-7-2-1-3-8-15)12-18-17-9-5-4-6-14(17)10-11-19(18)22/h1-12,22H. The summed E-state index contributed by atoms with van der Waals surface area (Å²) in [6.07, 6.45) is 1.45. The Bertz CT molecular complexity index is 950. The van der Waals surface area contributed by atoms with Crippen LogP contribution >= 0.6 is 0 Å². The van der Waals surface area contributed by atoms with Gasteiger partial charge in [0.15, 0.2) is 0 Å². The second kappa shape index (κ2) is 6.17. The van der Waals surface area contributed by atoms with Crippen LogP contribution in [0.3, 0.4) is 0 Å². The summed E-state index contributed by atoms with van der Waals surface area (Å²) in [6, 6.07) is 21.4. The molecule has 23 heavy (non-hydrogen) atoms. The zero-order chi connectivity index (χ0) is 16.2. The molecule has 0 atom stereocenters. The van der Waals surface area contributed by atoms with Crippen molar-refractivity contribution in [3.8, 4) is 11.8 Å². The van der Waals surface area contributed by atoms with E-state index in [1.807, 2.05) is 36.4 Å². The van der Waals surface area contributed by atoms with Gasteiger partial charge in [0, 0.05) is 11.1 Å². The van der Waals surface area contributed by atoms with Gasteiger partial charge < -0.3 is 5.11 Å². The maximum atomic E-state index is 12.5. The van der Waals surface area contributed by atoms with Gasteiger partial charge in [-0.1, -0.05) is 60.7 Å². The van der Waals surface area contributed by atoms with Crippen molar-refractivity contribution >= 4 is 22.6 Å². The van der Waals surface area contributed by atoms with Gasteiger partial charge in [-0.3, -0.25) is 4.79 Å². The van der Waals surface area contributed by atoms with Crippen LogP contribution in [0.1, 0.15) is 15.9 Å².